The first-order chi connectivity index (χ1) is 15.9. The topological polar surface area (TPSA) is 58.6 Å². The highest BCUT2D eigenvalue weighted by atomic mass is 35.5. The van der Waals surface area contributed by atoms with Crippen molar-refractivity contribution in [1.82, 2.24) is 9.62 Å². The molecule has 1 aromatic heterocycles. The van der Waals surface area contributed by atoms with E-state index in [-0.39, 0.29) is 0 Å². The number of halogens is 1. The van der Waals surface area contributed by atoms with Crippen LogP contribution in [-0.2, 0) is 10.0 Å². The van der Waals surface area contributed by atoms with Crippen molar-refractivity contribution in [2.45, 2.75) is 11.1 Å². The Hall–Kier alpha value is -2.16. The van der Waals surface area contributed by atoms with Gasteiger partial charge < -0.3 is 4.74 Å². The molecule has 1 aliphatic rings. The molecule has 2 heterocycles. The lowest BCUT2D eigenvalue weighted by atomic mass is 10.0. The third-order valence-electron chi connectivity index (χ3n) is 6.11. The summed E-state index contributed by atoms with van der Waals surface area (Å²) in [5, 5.41) is 3.80. The van der Waals surface area contributed by atoms with Crippen LogP contribution in [0.1, 0.15) is 5.56 Å². The van der Waals surface area contributed by atoms with Gasteiger partial charge in [-0.25, -0.2) is 13.1 Å². The summed E-state index contributed by atoms with van der Waals surface area (Å²) in [5.74, 6) is 1.21. The molecule has 5 nitrogen and oxygen atoms in total. The van der Waals surface area contributed by atoms with Gasteiger partial charge in [-0.05, 0) is 53.4 Å². The lowest BCUT2D eigenvalue weighted by molar-refractivity contribution is 0.0857. The average molecular weight is 501 g/mol. The monoisotopic (exact) mass is 500 g/mol. The van der Waals surface area contributed by atoms with Crippen molar-refractivity contribution in [2.75, 3.05) is 32.8 Å². The quantitative estimate of drug-likeness (QED) is 0.356. The van der Waals surface area contributed by atoms with Crippen molar-refractivity contribution in [3.63, 3.8) is 0 Å². The second kappa shape index (κ2) is 9.24. The molecule has 0 atom stereocenters. The molecule has 33 heavy (non-hydrogen) atoms. The number of nitrogens with zero attached hydrogens (tertiary/aromatic N) is 1. The highest BCUT2D eigenvalue weighted by Crippen LogP contribution is 2.35. The summed E-state index contributed by atoms with van der Waals surface area (Å²) >= 11 is 7.37. The number of sulfonamides is 1. The van der Waals surface area contributed by atoms with E-state index in [9.17, 15) is 8.42 Å². The number of thiophene rings is 1. The van der Waals surface area contributed by atoms with Crippen LogP contribution in [0.5, 0.6) is 5.75 Å². The van der Waals surface area contributed by atoms with Crippen molar-refractivity contribution in [3.8, 4) is 5.75 Å². The van der Waals surface area contributed by atoms with Crippen LogP contribution >= 0.6 is 22.9 Å². The van der Waals surface area contributed by atoms with Crippen molar-refractivity contribution in [3.05, 3.63) is 71.2 Å². The van der Waals surface area contributed by atoms with Gasteiger partial charge in [0.2, 0.25) is 10.0 Å². The van der Waals surface area contributed by atoms with Crippen LogP contribution in [-0.4, -0.2) is 46.1 Å². The van der Waals surface area contributed by atoms with Crippen molar-refractivity contribution in [1.29, 1.82) is 0 Å². The molecule has 0 radical (unpaired) electrons. The number of nitrogens with one attached hydrogen (secondary N) is 1. The first-order valence-corrected chi connectivity index (χ1v) is 13.6. The summed E-state index contributed by atoms with van der Waals surface area (Å²) in [5.41, 5.74) is 0.755. The number of benzene rings is 3. The molecule has 0 saturated carbocycles. The zero-order chi connectivity index (χ0) is 23.0. The van der Waals surface area contributed by atoms with Crippen LogP contribution in [0.2, 0.25) is 5.02 Å². The van der Waals surface area contributed by atoms with Gasteiger partial charge in [0.05, 0.1) is 0 Å². The van der Waals surface area contributed by atoms with Gasteiger partial charge in [-0.3, -0.25) is 4.90 Å². The minimum Gasteiger partial charge on any atom is -0.492 e. The van der Waals surface area contributed by atoms with Crippen molar-refractivity contribution in [2.24, 2.45) is 5.92 Å². The normalized spacial score (nSPS) is 15.2. The van der Waals surface area contributed by atoms with Gasteiger partial charge in [-0.1, -0.05) is 48.0 Å². The molecule has 4 aromatic rings. The lowest BCUT2D eigenvalue weighted by Crippen LogP contribution is -2.52. The first-order valence-electron chi connectivity index (χ1n) is 10.9. The molecular weight excluding hydrogens is 476 g/mol. The molecule has 1 fully saturated rings. The van der Waals surface area contributed by atoms with E-state index in [4.69, 9.17) is 16.3 Å². The molecule has 5 rings (SSSR count). The van der Waals surface area contributed by atoms with Crippen LogP contribution < -0.4 is 9.46 Å². The zero-order valence-corrected chi connectivity index (χ0v) is 20.6. The zero-order valence-electron chi connectivity index (χ0n) is 18.3. The molecule has 0 aliphatic carbocycles. The predicted octanol–water partition coefficient (Wildman–Crippen LogP) is 5.31. The number of aryl methyl sites for hydroxylation is 1. The van der Waals surface area contributed by atoms with Crippen molar-refractivity contribution < 1.29 is 13.2 Å². The molecule has 8 heteroatoms. The predicted molar refractivity (Wildman–Crippen MR) is 136 cm³/mol. The molecule has 1 N–H and O–H groups in total. The summed E-state index contributed by atoms with van der Waals surface area (Å²) in [4.78, 5) is 2.29. The average Bonchev–Trinajstić information content (AvgIpc) is 3.11. The third-order valence-corrected chi connectivity index (χ3v) is 9.66. The van der Waals surface area contributed by atoms with Gasteiger partial charge in [0, 0.05) is 41.3 Å². The maximum absolute atomic E-state index is 12.9. The summed E-state index contributed by atoms with van der Waals surface area (Å²) in [6.45, 7) is 5.44. The van der Waals surface area contributed by atoms with Gasteiger partial charge >= 0.3 is 0 Å². The Kier molecular flexibility index (Phi) is 6.33. The Morgan fingerprint density at radius 2 is 1.88 bits per heavy atom. The number of fused-ring (bicyclic) bond motifs is 2. The van der Waals surface area contributed by atoms with Crippen LogP contribution in [0.3, 0.4) is 0 Å². The number of rotatable bonds is 8. The van der Waals surface area contributed by atoms with Crippen molar-refractivity contribution >= 4 is 53.8 Å². The Morgan fingerprint density at radius 3 is 2.73 bits per heavy atom. The third kappa shape index (κ3) is 4.74. The van der Waals surface area contributed by atoms with Gasteiger partial charge in [0.25, 0.3) is 0 Å². The highest BCUT2D eigenvalue weighted by Gasteiger charge is 2.29. The SMILES string of the molecule is Cc1c(S(=O)(=O)NCC2CN(CCOc3cccc4ccccc34)C2)sc2ccc(Cl)cc12. The smallest absolute Gasteiger partial charge is 0.250 e. The van der Waals surface area contributed by atoms with E-state index in [1.807, 2.05) is 43.3 Å². The number of hydrogen-bond donors (Lipinski definition) is 1. The number of hydrogen-bond acceptors (Lipinski definition) is 5. The van der Waals surface area contributed by atoms with Gasteiger partial charge in [0.1, 0.15) is 16.6 Å². The van der Waals surface area contributed by atoms with E-state index in [1.54, 1.807) is 6.07 Å². The summed E-state index contributed by atoms with van der Waals surface area (Å²) in [6.07, 6.45) is 0. The minimum atomic E-state index is -3.55. The Balaban J connectivity index is 1.11. The van der Waals surface area contributed by atoms with E-state index in [0.717, 1.165) is 46.4 Å². The fraction of sp³-hybridized carbons (Fsp3) is 0.280. The van der Waals surface area contributed by atoms with Crippen LogP contribution in [0, 0.1) is 12.8 Å². The van der Waals surface area contributed by atoms with E-state index >= 15 is 0 Å². The Bertz CT molecular complexity index is 1410. The van der Waals surface area contributed by atoms with Gasteiger partial charge in [-0.15, -0.1) is 11.3 Å². The Morgan fingerprint density at radius 1 is 1.09 bits per heavy atom. The number of likely N-dealkylation sites (tertiary alicyclic amines) is 1. The summed E-state index contributed by atoms with van der Waals surface area (Å²) in [6, 6.07) is 19.8. The van der Waals surface area contributed by atoms with E-state index < -0.39 is 10.0 Å². The largest absolute Gasteiger partial charge is 0.492 e. The summed E-state index contributed by atoms with van der Waals surface area (Å²) < 4.78 is 35.9. The molecular formula is C25H25ClN2O3S2. The molecule has 0 amide bonds. The van der Waals surface area contributed by atoms with Crippen LogP contribution in [0.4, 0.5) is 0 Å². The molecule has 3 aromatic carbocycles. The summed E-state index contributed by atoms with van der Waals surface area (Å²) in [7, 11) is -3.55. The van der Waals surface area contributed by atoms with Crippen LogP contribution in [0.25, 0.3) is 20.9 Å². The molecule has 0 spiro atoms. The maximum Gasteiger partial charge on any atom is 0.250 e. The second-order valence-electron chi connectivity index (χ2n) is 8.46. The van der Waals surface area contributed by atoms with Gasteiger partial charge in [-0.2, -0.15) is 0 Å². The number of ether oxygens (including phenoxy) is 1. The molecule has 172 valence electrons. The van der Waals surface area contributed by atoms with Crippen LogP contribution in [0.15, 0.2) is 64.9 Å². The molecule has 0 unspecified atom stereocenters. The first kappa shape index (κ1) is 22.6. The fourth-order valence-electron chi connectivity index (χ4n) is 4.31. The van der Waals surface area contributed by atoms with E-state index in [1.165, 1.54) is 16.7 Å². The second-order valence-corrected chi connectivity index (χ2v) is 11.9. The van der Waals surface area contributed by atoms with E-state index in [2.05, 4.69) is 27.8 Å². The molecule has 1 aliphatic heterocycles. The minimum absolute atomic E-state index is 0.307. The highest BCUT2D eigenvalue weighted by molar-refractivity contribution is 7.91. The lowest BCUT2D eigenvalue weighted by Gasteiger charge is -2.39. The Labute approximate surface area is 203 Å². The molecule has 0 bridgehead atoms. The fourth-order valence-corrected chi connectivity index (χ4v) is 7.39. The molecule has 1 saturated heterocycles. The standard InChI is InChI=1S/C25H25ClN2O3S2/c1-17-22-13-20(26)9-10-24(22)32-25(17)33(29,30)27-14-18-15-28(16-18)11-12-31-23-8-4-6-19-5-2-3-7-21(19)23/h2-10,13,18,27H,11-12,14-16H2,1H3. The van der Waals surface area contributed by atoms with Gasteiger partial charge in [0.15, 0.2) is 0 Å². The van der Waals surface area contributed by atoms with E-state index in [0.29, 0.717) is 28.3 Å². The maximum atomic E-state index is 12.9.